The van der Waals surface area contributed by atoms with E-state index in [1.165, 1.54) is 38.5 Å². The third-order valence-electron chi connectivity index (χ3n) is 4.90. The van der Waals surface area contributed by atoms with E-state index < -0.39 is 0 Å². The zero-order chi connectivity index (χ0) is 14.7. The Morgan fingerprint density at radius 1 is 1.19 bits per heavy atom. The lowest BCUT2D eigenvalue weighted by atomic mass is 9.78. The van der Waals surface area contributed by atoms with Crippen molar-refractivity contribution in [2.45, 2.75) is 71.0 Å². The normalized spacial score (nSPS) is 26.0. The van der Waals surface area contributed by atoms with Crippen LogP contribution in [0.3, 0.4) is 0 Å². The molecule has 1 aliphatic carbocycles. The molecule has 2 fully saturated rings. The monoisotopic (exact) mass is 288 g/mol. The molecule has 1 N–H and O–H groups in total. The number of nitrogens with one attached hydrogen (secondary N) is 1. The Morgan fingerprint density at radius 3 is 2.86 bits per heavy atom. The fourth-order valence-electron chi connectivity index (χ4n) is 3.84. The summed E-state index contributed by atoms with van der Waals surface area (Å²) in [4.78, 5) is 11.8. The van der Waals surface area contributed by atoms with Crippen molar-refractivity contribution in [3.63, 3.8) is 0 Å². The Bertz CT molecular complexity index is 458. The highest BCUT2D eigenvalue weighted by Crippen LogP contribution is 2.36. The molecule has 0 aromatic carbocycles. The summed E-state index contributed by atoms with van der Waals surface area (Å²) in [6, 6.07) is 1.18. The number of fused-ring (bicyclic) bond motifs is 1. The zero-order valence-corrected chi connectivity index (χ0v) is 13.4. The molecule has 1 saturated heterocycles. The lowest BCUT2D eigenvalue weighted by Gasteiger charge is -2.44. The van der Waals surface area contributed by atoms with Crippen molar-refractivity contribution in [1.29, 1.82) is 0 Å². The van der Waals surface area contributed by atoms with Gasteiger partial charge in [0.05, 0.1) is 11.9 Å². The number of anilines is 1. The Kier molecular flexibility index (Phi) is 4.73. The molecule has 2 aliphatic rings. The van der Waals surface area contributed by atoms with Crippen LogP contribution in [-0.4, -0.2) is 28.6 Å². The summed E-state index contributed by atoms with van der Waals surface area (Å²) >= 11 is 0. The average molecular weight is 288 g/mol. The molecular formula is C17H28N4. The fourth-order valence-corrected chi connectivity index (χ4v) is 3.84. The van der Waals surface area contributed by atoms with Crippen molar-refractivity contribution in [3.8, 4) is 0 Å². The van der Waals surface area contributed by atoms with Gasteiger partial charge in [-0.3, -0.25) is 4.98 Å². The van der Waals surface area contributed by atoms with Crippen LogP contribution in [0.2, 0.25) is 0 Å². The van der Waals surface area contributed by atoms with E-state index in [4.69, 9.17) is 4.98 Å². The largest absolute Gasteiger partial charge is 0.352 e. The highest BCUT2D eigenvalue weighted by Gasteiger charge is 2.33. The van der Waals surface area contributed by atoms with E-state index in [0.29, 0.717) is 12.1 Å². The molecule has 4 nitrogen and oxygen atoms in total. The van der Waals surface area contributed by atoms with Gasteiger partial charge >= 0.3 is 0 Å². The Hall–Kier alpha value is -1.16. The van der Waals surface area contributed by atoms with Gasteiger partial charge in [-0.1, -0.05) is 26.7 Å². The number of aromatic nitrogens is 2. The number of nitrogens with zero attached hydrogens (tertiary/aromatic N) is 3. The first-order valence-electron chi connectivity index (χ1n) is 8.55. The first-order chi connectivity index (χ1) is 10.2. The zero-order valence-electron chi connectivity index (χ0n) is 13.4. The number of hydrogen-bond donors (Lipinski definition) is 1. The molecule has 0 spiro atoms. The molecule has 0 bridgehead atoms. The second kappa shape index (κ2) is 6.73. The van der Waals surface area contributed by atoms with E-state index in [1.54, 1.807) is 0 Å². The third-order valence-corrected chi connectivity index (χ3v) is 4.90. The van der Waals surface area contributed by atoms with E-state index >= 15 is 0 Å². The van der Waals surface area contributed by atoms with E-state index in [0.717, 1.165) is 30.5 Å². The molecular weight excluding hydrogens is 260 g/mol. The van der Waals surface area contributed by atoms with Crippen LogP contribution in [-0.2, 0) is 6.54 Å². The second-order valence-corrected chi connectivity index (χ2v) is 6.85. The molecule has 116 valence electrons. The third kappa shape index (κ3) is 3.54. The maximum absolute atomic E-state index is 4.86. The van der Waals surface area contributed by atoms with Crippen molar-refractivity contribution < 1.29 is 0 Å². The second-order valence-electron chi connectivity index (χ2n) is 6.85. The topological polar surface area (TPSA) is 41.1 Å². The van der Waals surface area contributed by atoms with Crippen LogP contribution in [0.15, 0.2) is 12.4 Å². The summed E-state index contributed by atoms with van der Waals surface area (Å²) in [5.41, 5.74) is 1.05. The quantitative estimate of drug-likeness (QED) is 0.924. The highest BCUT2D eigenvalue weighted by atomic mass is 15.2. The van der Waals surface area contributed by atoms with Gasteiger partial charge in [-0.25, -0.2) is 4.98 Å². The molecule has 0 radical (unpaired) electrons. The van der Waals surface area contributed by atoms with Gasteiger partial charge in [0.15, 0.2) is 0 Å². The average Bonchev–Trinajstić information content (AvgIpc) is 2.52. The molecule has 0 unspecified atom stereocenters. The number of hydrogen-bond acceptors (Lipinski definition) is 4. The molecule has 4 heteroatoms. The summed E-state index contributed by atoms with van der Waals surface area (Å²) in [6.07, 6.45) is 12.1. The summed E-state index contributed by atoms with van der Waals surface area (Å²) in [5, 5.41) is 3.43. The van der Waals surface area contributed by atoms with Gasteiger partial charge in [0, 0.05) is 31.4 Å². The molecule has 3 rings (SSSR count). The number of piperidine rings is 1. The van der Waals surface area contributed by atoms with Gasteiger partial charge in [0.2, 0.25) is 0 Å². The lowest BCUT2D eigenvalue weighted by molar-refractivity contribution is 0.242. The molecule has 21 heavy (non-hydrogen) atoms. The smallest absolute Gasteiger partial charge is 0.147 e. The Morgan fingerprint density at radius 2 is 2.00 bits per heavy atom. The van der Waals surface area contributed by atoms with Crippen molar-refractivity contribution in [1.82, 2.24) is 15.3 Å². The molecule has 2 atom stereocenters. The van der Waals surface area contributed by atoms with E-state index in [9.17, 15) is 0 Å². The summed E-state index contributed by atoms with van der Waals surface area (Å²) in [6.45, 7) is 6.28. The van der Waals surface area contributed by atoms with E-state index in [1.807, 2.05) is 12.4 Å². The van der Waals surface area contributed by atoms with Crippen LogP contribution in [0.25, 0.3) is 0 Å². The molecule has 0 amide bonds. The van der Waals surface area contributed by atoms with Crippen molar-refractivity contribution in [3.05, 3.63) is 18.1 Å². The van der Waals surface area contributed by atoms with Crippen LogP contribution in [0.4, 0.5) is 5.82 Å². The first-order valence-corrected chi connectivity index (χ1v) is 8.55. The minimum atomic E-state index is 0.480. The molecule has 1 aromatic rings. The summed E-state index contributed by atoms with van der Waals surface area (Å²) in [5.74, 6) is 1.97. The maximum atomic E-state index is 4.86. The van der Waals surface area contributed by atoms with Crippen LogP contribution >= 0.6 is 0 Å². The Balaban J connectivity index is 1.74. The van der Waals surface area contributed by atoms with Crippen LogP contribution in [0.1, 0.15) is 58.1 Å². The van der Waals surface area contributed by atoms with Crippen LogP contribution in [0, 0.1) is 5.92 Å². The van der Waals surface area contributed by atoms with Gasteiger partial charge in [-0.05, 0) is 31.6 Å². The fraction of sp³-hybridized carbons (Fsp3) is 0.765. The van der Waals surface area contributed by atoms with E-state index in [2.05, 4.69) is 29.0 Å². The SMILES string of the molecule is CC(C)NCc1cncc(N2CCC[C@H]3CCCC[C@H]32)n1. The van der Waals surface area contributed by atoms with Crippen molar-refractivity contribution in [2.24, 2.45) is 5.92 Å². The van der Waals surface area contributed by atoms with Gasteiger partial charge in [-0.15, -0.1) is 0 Å². The molecule has 1 aromatic heterocycles. The van der Waals surface area contributed by atoms with Gasteiger partial charge < -0.3 is 10.2 Å². The van der Waals surface area contributed by atoms with Crippen LogP contribution < -0.4 is 10.2 Å². The Labute approximate surface area is 128 Å². The van der Waals surface area contributed by atoms with Crippen LogP contribution in [0.5, 0.6) is 0 Å². The van der Waals surface area contributed by atoms with Crippen molar-refractivity contribution in [2.75, 3.05) is 11.4 Å². The highest BCUT2D eigenvalue weighted by molar-refractivity contribution is 5.39. The standard InChI is InChI=1S/C17H28N4/c1-13(2)19-11-15-10-18-12-17(20-15)21-9-5-7-14-6-3-4-8-16(14)21/h10,12-14,16,19H,3-9,11H2,1-2H3/t14-,16-/m1/s1. The summed E-state index contributed by atoms with van der Waals surface area (Å²) < 4.78 is 0. The van der Waals surface area contributed by atoms with Gasteiger partial charge in [0.25, 0.3) is 0 Å². The predicted octanol–water partition coefficient (Wildman–Crippen LogP) is 3.13. The maximum Gasteiger partial charge on any atom is 0.147 e. The molecule has 1 saturated carbocycles. The first kappa shape index (κ1) is 14.8. The van der Waals surface area contributed by atoms with E-state index in [-0.39, 0.29) is 0 Å². The predicted molar refractivity (Wildman–Crippen MR) is 86.3 cm³/mol. The van der Waals surface area contributed by atoms with Crippen molar-refractivity contribution >= 4 is 5.82 Å². The lowest BCUT2D eigenvalue weighted by Crippen LogP contribution is -2.47. The van der Waals surface area contributed by atoms with Gasteiger partial charge in [0.1, 0.15) is 5.82 Å². The molecule has 1 aliphatic heterocycles. The number of rotatable bonds is 4. The summed E-state index contributed by atoms with van der Waals surface area (Å²) in [7, 11) is 0. The minimum absolute atomic E-state index is 0.480. The van der Waals surface area contributed by atoms with Gasteiger partial charge in [-0.2, -0.15) is 0 Å². The minimum Gasteiger partial charge on any atom is -0.352 e. The molecule has 2 heterocycles.